The Morgan fingerprint density at radius 2 is 2.06 bits per heavy atom. The second-order valence-electron chi connectivity index (χ2n) is 5.49. The van der Waals surface area contributed by atoms with Gasteiger partial charge in [0.2, 0.25) is 0 Å². The number of aromatic nitrogens is 1. The van der Waals surface area contributed by atoms with Crippen molar-refractivity contribution < 1.29 is 0 Å². The van der Waals surface area contributed by atoms with Crippen LogP contribution >= 0.6 is 0 Å². The van der Waals surface area contributed by atoms with E-state index in [4.69, 9.17) is 0 Å². The zero-order valence-electron chi connectivity index (χ0n) is 10.7. The molecule has 0 radical (unpaired) electrons. The van der Waals surface area contributed by atoms with Crippen LogP contribution in [0.2, 0.25) is 0 Å². The summed E-state index contributed by atoms with van der Waals surface area (Å²) in [7, 11) is 4.20. The summed E-state index contributed by atoms with van der Waals surface area (Å²) in [6.45, 7) is 1.15. The first-order valence-corrected chi connectivity index (χ1v) is 6.42. The SMILES string of the molecule is CNCC1(Cc2cn(C)c3ccccc23)CC1. The normalized spacial score (nSPS) is 17.5. The lowest BCUT2D eigenvalue weighted by atomic mass is 9.96. The molecule has 0 bridgehead atoms. The van der Waals surface area contributed by atoms with Gasteiger partial charge in [-0.1, -0.05) is 18.2 Å². The maximum Gasteiger partial charge on any atom is 0.0480 e. The van der Waals surface area contributed by atoms with Gasteiger partial charge in [-0.05, 0) is 43.4 Å². The molecule has 17 heavy (non-hydrogen) atoms. The molecule has 1 aliphatic rings. The van der Waals surface area contributed by atoms with Crippen LogP contribution in [0.3, 0.4) is 0 Å². The van der Waals surface area contributed by atoms with Gasteiger partial charge >= 0.3 is 0 Å². The van der Waals surface area contributed by atoms with E-state index in [9.17, 15) is 0 Å². The highest BCUT2D eigenvalue weighted by atomic mass is 14.9. The predicted molar refractivity (Wildman–Crippen MR) is 72.2 cm³/mol. The molecule has 1 heterocycles. The number of para-hydroxylation sites is 1. The molecule has 3 rings (SSSR count). The van der Waals surface area contributed by atoms with Crippen LogP contribution in [0.4, 0.5) is 0 Å². The van der Waals surface area contributed by atoms with Crippen molar-refractivity contribution in [3.8, 4) is 0 Å². The maximum atomic E-state index is 3.34. The van der Waals surface area contributed by atoms with Gasteiger partial charge in [0, 0.05) is 30.7 Å². The van der Waals surface area contributed by atoms with Gasteiger partial charge < -0.3 is 9.88 Å². The fraction of sp³-hybridized carbons (Fsp3) is 0.467. The quantitative estimate of drug-likeness (QED) is 0.851. The van der Waals surface area contributed by atoms with Crippen molar-refractivity contribution >= 4 is 10.9 Å². The summed E-state index contributed by atoms with van der Waals surface area (Å²) in [5.74, 6) is 0. The number of hydrogen-bond acceptors (Lipinski definition) is 1. The van der Waals surface area contributed by atoms with Crippen molar-refractivity contribution in [2.45, 2.75) is 19.3 Å². The fourth-order valence-corrected chi connectivity index (χ4v) is 2.94. The van der Waals surface area contributed by atoms with Gasteiger partial charge in [0.25, 0.3) is 0 Å². The Hall–Kier alpha value is -1.28. The third-order valence-corrected chi connectivity index (χ3v) is 4.05. The first kappa shape index (κ1) is 10.8. The first-order chi connectivity index (χ1) is 8.24. The Morgan fingerprint density at radius 1 is 1.29 bits per heavy atom. The van der Waals surface area contributed by atoms with E-state index >= 15 is 0 Å². The minimum atomic E-state index is 0.541. The number of nitrogens with one attached hydrogen (secondary N) is 1. The average molecular weight is 228 g/mol. The molecule has 1 aromatic heterocycles. The maximum absolute atomic E-state index is 3.34. The van der Waals surface area contributed by atoms with E-state index < -0.39 is 0 Å². The highest BCUT2D eigenvalue weighted by molar-refractivity contribution is 5.84. The highest BCUT2D eigenvalue weighted by Crippen LogP contribution is 2.48. The van der Waals surface area contributed by atoms with Crippen LogP contribution in [-0.2, 0) is 13.5 Å². The van der Waals surface area contributed by atoms with Crippen LogP contribution in [0.1, 0.15) is 18.4 Å². The van der Waals surface area contributed by atoms with Crippen molar-refractivity contribution in [3.05, 3.63) is 36.0 Å². The Balaban J connectivity index is 1.96. The summed E-state index contributed by atoms with van der Waals surface area (Å²) in [6, 6.07) is 8.71. The van der Waals surface area contributed by atoms with Gasteiger partial charge in [-0.2, -0.15) is 0 Å². The number of aryl methyl sites for hydroxylation is 1. The summed E-state index contributed by atoms with van der Waals surface area (Å²) in [4.78, 5) is 0. The van der Waals surface area contributed by atoms with Crippen LogP contribution in [0.5, 0.6) is 0 Å². The molecule has 0 aliphatic heterocycles. The molecule has 1 N–H and O–H groups in total. The van der Waals surface area contributed by atoms with E-state index in [1.165, 1.54) is 35.7 Å². The lowest BCUT2D eigenvalue weighted by Gasteiger charge is -2.13. The van der Waals surface area contributed by atoms with Gasteiger partial charge in [0.1, 0.15) is 0 Å². The highest BCUT2D eigenvalue weighted by Gasteiger charge is 2.42. The molecule has 0 saturated heterocycles. The second kappa shape index (κ2) is 3.88. The zero-order chi connectivity index (χ0) is 11.9. The zero-order valence-corrected chi connectivity index (χ0v) is 10.7. The van der Waals surface area contributed by atoms with Crippen LogP contribution in [-0.4, -0.2) is 18.2 Å². The molecular weight excluding hydrogens is 208 g/mol. The summed E-state index contributed by atoms with van der Waals surface area (Å²) < 4.78 is 2.25. The third kappa shape index (κ3) is 1.87. The van der Waals surface area contributed by atoms with Crippen molar-refractivity contribution in [1.29, 1.82) is 0 Å². The van der Waals surface area contributed by atoms with Crippen molar-refractivity contribution in [3.63, 3.8) is 0 Å². The smallest absolute Gasteiger partial charge is 0.0480 e. The van der Waals surface area contributed by atoms with Gasteiger partial charge in [-0.3, -0.25) is 0 Å². The second-order valence-corrected chi connectivity index (χ2v) is 5.49. The summed E-state index contributed by atoms with van der Waals surface area (Å²) in [5, 5.41) is 4.77. The Kier molecular flexibility index (Phi) is 2.48. The van der Waals surface area contributed by atoms with Crippen molar-refractivity contribution in [2.24, 2.45) is 12.5 Å². The van der Waals surface area contributed by atoms with Crippen LogP contribution in [0.15, 0.2) is 30.5 Å². The minimum absolute atomic E-state index is 0.541. The Labute approximate surface area is 103 Å². The fourth-order valence-electron chi connectivity index (χ4n) is 2.94. The van der Waals surface area contributed by atoms with Gasteiger partial charge in [-0.15, -0.1) is 0 Å². The molecule has 2 heteroatoms. The van der Waals surface area contributed by atoms with E-state index in [-0.39, 0.29) is 0 Å². The molecule has 2 nitrogen and oxygen atoms in total. The van der Waals surface area contributed by atoms with E-state index in [0.717, 1.165) is 6.54 Å². The Morgan fingerprint density at radius 3 is 2.76 bits per heavy atom. The third-order valence-electron chi connectivity index (χ3n) is 4.05. The van der Waals surface area contributed by atoms with E-state index in [1.807, 2.05) is 0 Å². The summed E-state index contributed by atoms with van der Waals surface area (Å²) >= 11 is 0. The molecule has 1 fully saturated rings. The van der Waals surface area contributed by atoms with Crippen LogP contribution in [0, 0.1) is 5.41 Å². The standard InChI is InChI=1S/C15H20N2/c1-16-11-15(7-8-15)9-12-10-17(2)14-6-4-3-5-13(12)14/h3-6,10,16H,7-9,11H2,1-2H3. The molecular formula is C15H20N2. The van der Waals surface area contributed by atoms with Gasteiger partial charge in [0.15, 0.2) is 0 Å². The van der Waals surface area contributed by atoms with Crippen LogP contribution < -0.4 is 5.32 Å². The number of benzene rings is 1. The van der Waals surface area contributed by atoms with E-state index in [1.54, 1.807) is 0 Å². The average Bonchev–Trinajstić information content (AvgIpc) is 3.01. The molecule has 1 saturated carbocycles. The van der Waals surface area contributed by atoms with Crippen LogP contribution in [0.25, 0.3) is 10.9 Å². The summed E-state index contributed by atoms with van der Waals surface area (Å²) in [6.07, 6.45) is 6.27. The number of hydrogen-bond donors (Lipinski definition) is 1. The topological polar surface area (TPSA) is 17.0 Å². The lowest BCUT2D eigenvalue weighted by Crippen LogP contribution is -2.21. The summed E-state index contributed by atoms with van der Waals surface area (Å²) in [5.41, 5.74) is 3.40. The van der Waals surface area contributed by atoms with Crippen molar-refractivity contribution in [1.82, 2.24) is 9.88 Å². The molecule has 0 amide bonds. The minimum Gasteiger partial charge on any atom is -0.350 e. The van der Waals surface area contributed by atoms with Crippen molar-refractivity contribution in [2.75, 3.05) is 13.6 Å². The Bertz CT molecular complexity index is 535. The molecule has 0 unspecified atom stereocenters. The van der Waals surface area contributed by atoms with E-state index in [2.05, 4.69) is 54.4 Å². The van der Waals surface area contributed by atoms with Gasteiger partial charge in [-0.25, -0.2) is 0 Å². The molecule has 90 valence electrons. The number of rotatable bonds is 4. The predicted octanol–water partition coefficient (Wildman–Crippen LogP) is 2.72. The van der Waals surface area contributed by atoms with E-state index in [0.29, 0.717) is 5.41 Å². The molecule has 1 aromatic carbocycles. The molecule has 0 spiro atoms. The largest absolute Gasteiger partial charge is 0.350 e. The first-order valence-electron chi connectivity index (χ1n) is 6.42. The lowest BCUT2D eigenvalue weighted by molar-refractivity contribution is 0.479. The number of nitrogens with zero attached hydrogens (tertiary/aromatic N) is 1. The molecule has 1 aliphatic carbocycles. The number of fused-ring (bicyclic) bond motifs is 1. The molecule has 0 atom stereocenters. The molecule has 2 aromatic rings. The monoisotopic (exact) mass is 228 g/mol. The van der Waals surface area contributed by atoms with Gasteiger partial charge in [0.05, 0.1) is 0 Å².